The molecule has 7 nitrogen and oxygen atoms in total. The molecule has 1 atom stereocenters. The summed E-state index contributed by atoms with van der Waals surface area (Å²) in [7, 11) is -3.75. The van der Waals surface area contributed by atoms with Crippen molar-refractivity contribution >= 4 is 44.8 Å². The lowest BCUT2D eigenvalue weighted by Gasteiger charge is -2.09. The van der Waals surface area contributed by atoms with Crippen molar-refractivity contribution < 1.29 is 23.6 Å². The fraction of sp³-hybridized carbons (Fsp3) is 0.125. The van der Waals surface area contributed by atoms with Gasteiger partial charge in [0.1, 0.15) is 5.02 Å². The Morgan fingerprint density at radius 2 is 1.85 bits per heavy atom. The van der Waals surface area contributed by atoms with Gasteiger partial charge in [-0.1, -0.05) is 23.7 Å². The van der Waals surface area contributed by atoms with Gasteiger partial charge in [0.2, 0.25) is 0 Å². The third kappa shape index (κ3) is 5.10. The number of alkyl halides is 1. The highest BCUT2D eigenvalue weighted by atomic mass is 35.5. The van der Waals surface area contributed by atoms with Crippen molar-refractivity contribution in [2.24, 2.45) is 0 Å². The van der Waals surface area contributed by atoms with Crippen molar-refractivity contribution in [3.63, 3.8) is 0 Å². The number of phenolic OH excluding ortho intramolecular Hbond substituents is 2. The minimum Gasteiger partial charge on any atom is -0.504 e. The van der Waals surface area contributed by atoms with Gasteiger partial charge in [-0.3, -0.25) is 10.1 Å². The van der Waals surface area contributed by atoms with Crippen LogP contribution >= 0.6 is 23.2 Å². The van der Waals surface area contributed by atoms with Crippen molar-refractivity contribution in [3.8, 4) is 11.5 Å². The first-order valence-electron chi connectivity index (χ1n) is 7.10. The van der Waals surface area contributed by atoms with Gasteiger partial charge in [-0.15, -0.1) is 11.6 Å². The lowest BCUT2D eigenvalue weighted by molar-refractivity contribution is -0.384. The maximum Gasteiger partial charge on any atom is 0.288 e. The minimum absolute atomic E-state index is 0.0718. The number of hydrogen-bond donors (Lipinski definition) is 2. The third-order valence-corrected chi connectivity index (χ3v) is 5.63. The number of halogens is 2. The van der Waals surface area contributed by atoms with Crippen LogP contribution in [0, 0.1) is 10.1 Å². The standard InChI is InChI=1S/C16H13Cl2NO6S/c17-12-3-2-11(8-14(12)19(22)23)13(18)9-26(24,25)6-5-10-1-4-15(20)16(21)7-10/h1-8,13,20-21H,9H2/b6-5+. The van der Waals surface area contributed by atoms with E-state index in [2.05, 4.69) is 0 Å². The molecule has 2 N–H and O–H groups in total. The molecule has 0 spiro atoms. The molecule has 2 aromatic carbocycles. The topological polar surface area (TPSA) is 118 Å². The molecular weight excluding hydrogens is 405 g/mol. The molecule has 138 valence electrons. The SMILES string of the molecule is O=[N+]([O-])c1cc(C(Cl)CS(=O)(=O)/C=C/c2ccc(O)c(O)c2)ccc1Cl. The van der Waals surface area contributed by atoms with Crippen LogP contribution in [0.5, 0.6) is 11.5 Å². The molecule has 0 heterocycles. The van der Waals surface area contributed by atoms with Crippen LogP contribution in [0.2, 0.25) is 5.02 Å². The van der Waals surface area contributed by atoms with Gasteiger partial charge in [0.25, 0.3) is 5.69 Å². The predicted molar refractivity (Wildman–Crippen MR) is 99.3 cm³/mol. The third-order valence-electron chi connectivity index (χ3n) is 3.37. The molecule has 0 aromatic heterocycles. The van der Waals surface area contributed by atoms with Crippen LogP contribution in [-0.2, 0) is 9.84 Å². The molecule has 0 bridgehead atoms. The number of aromatic hydroxyl groups is 2. The molecule has 2 rings (SSSR count). The fourth-order valence-corrected chi connectivity index (χ4v) is 3.97. The Labute approximate surface area is 159 Å². The van der Waals surface area contributed by atoms with Crippen molar-refractivity contribution in [2.45, 2.75) is 5.38 Å². The quantitative estimate of drug-likeness (QED) is 0.317. The Kier molecular flexibility index (Phi) is 6.12. The molecule has 2 aromatic rings. The second-order valence-electron chi connectivity index (χ2n) is 5.32. The number of nitro groups is 1. The van der Waals surface area contributed by atoms with Crippen molar-refractivity contribution in [1.29, 1.82) is 0 Å². The second kappa shape index (κ2) is 7.94. The summed E-state index contributed by atoms with van der Waals surface area (Å²) in [6.45, 7) is 0. The highest BCUT2D eigenvalue weighted by Gasteiger charge is 2.21. The number of hydrogen-bond acceptors (Lipinski definition) is 6. The summed E-state index contributed by atoms with van der Waals surface area (Å²) in [5, 5.41) is 29.4. The average molecular weight is 418 g/mol. The number of benzene rings is 2. The molecule has 0 saturated heterocycles. The van der Waals surface area contributed by atoms with Gasteiger partial charge in [-0.05, 0) is 35.4 Å². The van der Waals surface area contributed by atoms with Gasteiger partial charge in [-0.25, -0.2) is 8.42 Å². The zero-order chi connectivity index (χ0) is 19.5. The van der Waals surface area contributed by atoms with Crippen molar-refractivity contribution in [2.75, 3.05) is 5.75 Å². The van der Waals surface area contributed by atoms with Gasteiger partial charge < -0.3 is 10.2 Å². The molecule has 0 aliphatic carbocycles. The van der Waals surface area contributed by atoms with Crippen LogP contribution in [0.1, 0.15) is 16.5 Å². The molecule has 26 heavy (non-hydrogen) atoms. The largest absolute Gasteiger partial charge is 0.504 e. The Hall–Kier alpha value is -2.29. The molecule has 0 amide bonds. The van der Waals surface area contributed by atoms with Gasteiger partial charge in [0.15, 0.2) is 21.3 Å². The van der Waals surface area contributed by atoms with E-state index < -0.39 is 25.9 Å². The van der Waals surface area contributed by atoms with Crippen LogP contribution in [-0.4, -0.2) is 29.3 Å². The van der Waals surface area contributed by atoms with Gasteiger partial charge in [-0.2, -0.15) is 0 Å². The smallest absolute Gasteiger partial charge is 0.288 e. The Bertz CT molecular complexity index is 975. The van der Waals surface area contributed by atoms with E-state index in [9.17, 15) is 28.7 Å². The van der Waals surface area contributed by atoms with E-state index >= 15 is 0 Å². The Morgan fingerprint density at radius 3 is 2.46 bits per heavy atom. The van der Waals surface area contributed by atoms with Gasteiger partial charge >= 0.3 is 0 Å². The summed E-state index contributed by atoms with van der Waals surface area (Å²) in [5.41, 5.74) is 0.251. The van der Waals surface area contributed by atoms with Crippen LogP contribution in [0.15, 0.2) is 41.8 Å². The van der Waals surface area contributed by atoms with Crippen LogP contribution in [0.4, 0.5) is 5.69 Å². The predicted octanol–water partition coefficient (Wildman–Crippen LogP) is 4.03. The maximum atomic E-state index is 12.2. The summed E-state index contributed by atoms with van der Waals surface area (Å²) in [6.07, 6.45) is 1.24. The first-order chi connectivity index (χ1) is 12.1. The van der Waals surface area contributed by atoms with E-state index in [4.69, 9.17) is 23.2 Å². The second-order valence-corrected chi connectivity index (χ2v) is 8.18. The Balaban J connectivity index is 2.18. The number of sulfone groups is 1. The summed E-state index contributed by atoms with van der Waals surface area (Å²) < 4.78 is 24.4. The molecule has 1 unspecified atom stereocenters. The lowest BCUT2D eigenvalue weighted by Crippen LogP contribution is -2.08. The summed E-state index contributed by atoms with van der Waals surface area (Å²) >= 11 is 11.8. The first kappa shape index (κ1) is 20.0. The van der Waals surface area contributed by atoms with E-state index in [0.29, 0.717) is 5.56 Å². The van der Waals surface area contributed by atoms with Crippen LogP contribution in [0.25, 0.3) is 6.08 Å². The zero-order valence-corrected chi connectivity index (χ0v) is 15.4. The fourth-order valence-electron chi connectivity index (χ4n) is 2.05. The number of phenols is 2. The molecule has 0 fully saturated rings. The lowest BCUT2D eigenvalue weighted by atomic mass is 10.1. The summed E-state index contributed by atoms with van der Waals surface area (Å²) in [6, 6.07) is 7.68. The van der Waals surface area contributed by atoms with Crippen molar-refractivity contribution in [1.82, 2.24) is 0 Å². The average Bonchev–Trinajstić information content (AvgIpc) is 2.55. The maximum absolute atomic E-state index is 12.2. The van der Waals surface area contributed by atoms with Crippen LogP contribution < -0.4 is 0 Å². The van der Waals surface area contributed by atoms with E-state index in [1.807, 2.05) is 0 Å². The van der Waals surface area contributed by atoms with E-state index in [0.717, 1.165) is 11.5 Å². The van der Waals surface area contributed by atoms with Crippen molar-refractivity contribution in [3.05, 3.63) is 68.1 Å². The van der Waals surface area contributed by atoms with E-state index in [1.54, 1.807) is 0 Å². The summed E-state index contributed by atoms with van der Waals surface area (Å²) in [5.74, 6) is -1.20. The van der Waals surface area contributed by atoms with E-state index in [-0.39, 0.29) is 27.8 Å². The van der Waals surface area contributed by atoms with Gasteiger partial charge in [0, 0.05) is 11.5 Å². The molecule has 10 heteroatoms. The minimum atomic E-state index is -3.75. The number of nitro benzene ring substituents is 1. The molecule has 0 aliphatic heterocycles. The summed E-state index contributed by atoms with van der Waals surface area (Å²) in [4.78, 5) is 10.2. The monoisotopic (exact) mass is 417 g/mol. The molecule has 0 aliphatic rings. The molecule has 0 radical (unpaired) electrons. The van der Waals surface area contributed by atoms with Gasteiger partial charge in [0.05, 0.1) is 16.1 Å². The highest BCUT2D eigenvalue weighted by Crippen LogP contribution is 2.31. The number of rotatable bonds is 6. The number of nitrogens with zero attached hydrogens (tertiary/aromatic N) is 1. The normalized spacial score (nSPS) is 13.0. The molecule has 0 saturated carbocycles. The first-order valence-corrected chi connectivity index (χ1v) is 9.63. The van der Waals surface area contributed by atoms with E-state index in [1.165, 1.54) is 36.4 Å². The van der Waals surface area contributed by atoms with Crippen LogP contribution in [0.3, 0.4) is 0 Å². The molecular formula is C16H13Cl2NO6S. The highest BCUT2D eigenvalue weighted by molar-refractivity contribution is 7.94. The zero-order valence-electron chi connectivity index (χ0n) is 13.0. The Morgan fingerprint density at radius 1 is 1.15 bits per heavy atom.